The molecule has 1 aliphatic heterocycles. The predicted octanol–water partition coefficient (Wildman–Crippen LogP) is 6.22. The Bertz CT molecular complexity index is 958. The third-order valence-electron chi connectivity index (χ3n) is 8.52. The Morgan fingerprint density at radius 2 is 1.83 bits per heavy atom. The van der Waals surface area contributed by atoms with Gasteiger partial charge in [0.25, 0.3) is 0 Å². The van der Waals surface area contributed by atoms with Crippen LogP contribution in [0.3, 0.4) is 0 Å². The number of hydrogen-bond acceptors (Lipinski definition) is 3. The van der Waals surface area contributed by atoms with Gasteiger partial charge in [0.2, 0.25) is 0 Å². The Kier molecular flexibility index (Phi) is 9.55. The van der Waals surface area contributed by atoms with Crippen LogP contribution in [0.5, 0.6) is 0 Å². The van der Waals surface area contributed by atoms with E-state index in [1.54, 1.807) is 6.07 Å². The summed E-state index contributed by atoms with van der Waals surface area (Å²) in [6, 6.07) is 18.2. The molecule has 2 aromatic carbocycles. The van der Waals surface area contributed by atoms with Crippen LogP contribution in [0.25, 0.3) is 0 Å². The SMILES string of the molecule is CC(C)N(CC(=O)O)C1CC(CN2CCC(CCCc3ccccc3)CC2)C(c2cccc(F)c2)C1. The number of aryl methyl sites for hydroxylation is 1. The van der Waals surface area contributed by atoms with Crippen molar-refractivity contribution in [2.75, 3.05) is 26.2 Å². The number of piperidine rings is 1. The molecule has 1 N–H and O–H groups in total. The topological polar surface area (TPSA) is 43.8 Å². The van der Waals surface area contributed by atoms with Crippen LogP contribution < -0.4 is 0 Å². The van der Waals surface area contributed by atoms with Crippen molar-refractivity contribution in [2.24, 2.45) is 11.8 Å². The standard InChI is InChI=1S/C31H43FN2O2/c1-23(2)34(22-31(35)36)29-19-27(30(20-29)26-12-7-13-28(32)18-26)21-33-16-14-25(15-17-33)11-6-10-24-8-4-3-5-9-24/h3-5,7-9,12-13,18,23,25,27,29-30H,6,10-11,14-17,19-22H2,1-2H3,(H,35,36). The van der Waals surface area contributed by atoms with Crippen molar-refractivity contribution in [2.45, 2.75) is 76.8 Å². The van der Waals surface area contributed by atoms with E-state index in [-0.39, 0.29) is 30.4 Å². The summed E-state index contributed by atoms with van der Waals surface area (Å²) in [5.74, 6) is 0.541. The van der Waals surface area contributed by atoms with E-state index in [2.05, 4.69) is 60.0 Å². The zero-order valence-electron chi connectivity index (χ0n) is 22.0. The van der Waals surface area contributed by atoms with E-state index in [0.717, 1.165) is 44.0 Å². The van der Waals surface area contributed by atoms with E-state index in [1.165, 1.54) is 43.7 Å². The molecule has 0 bridgehead atoms. The van der Waals surface area contributed by atoms with E-state index in [0.29, 0.717) is 5.92 Å². The molecule has 1 heterocycles. The summed E-state index contributed by atoms with van der Waals surface area (Å²) in [7, 11) is 0. The number of rotatable bonds is 11. The Morgan fingerprint density at radius 3 is 2.50 bits per heavy atom. The number of benzene rings is 2. The first-order valence-corrected chi connectivity index (χ1v) is 13.9. The fourth-order valence-electron chi connectivity index (χ4n) is 6.63. The van der Waals surface area contributed by atoms with E-state index >= 15 is 0 Å². The maximum atomic E-state index is 14.1. The van der Waals surface area contributed by atoms with Gasteiger partial charge in [-0.15, -0.1) is 0 Å². The maximum absolute atomic E-state index is 14.1. The van der Waals surface area contributed by atoms with Gasteiger partial charge in [0.15, 0.2) is 0 Å². The van der Waals surface area contributed by atoms with Crippen LogP contribution in [0.2, 0.25) is 0 Å². The van der Waals surface area contributed by atoms with E-state index in [1.807, 2.05) is 6.07 Å². The lowest BCUT2D eigenvalue weighted by Gasteiger charge is -2.35. The minimum atomic E-state index is -0.774. The van der Waals surface area contributed by atoms with Gasteiger partial charge >= 0.3 is 5.97 Å². The molecule has 3 atom stereocenters. The highest BCUT2D eigenvalue weighted by atomic mass is 19.1. The number of hydrogen-bond donors (Lipinski definition) is 1. The molecule has 0 spiro atoms. The number of aliphatic carboxylic acids is 1. The molecule has 2 aliphatic rings. The molecule has 0 amide bonds. The molecule has 1 aliphatic carbocycles. The van der Waals surface area contributed by atoms with Crippen molar-refractivity contribution in [3.05, 3.63) is 71.5 Å². The highest BCUT2D eigenvalue weighted by Crippen LogP contribution is 2.43. The van der Waals surface area contributed by atoms with Crippen molar-refractivity contribution in [3.8, 4) is 0 Å². The molecular formula is C31H43FN2O2. The molecule has 2 aromatic rings. The molecule has 4 rings (SSSR count). The first kappa shape index (κ1) is 26.8. The largest absolute Gasteiger partial charge is 0.480 e. The van der Waals surface area contributed by atoms with Gasteiger partial charge in [-0.25, -0.2) is 4.39 Å². The van der Waals surface area contributed by atoms with Crippen LogP contribution in [0.1, 0.15) is 69.4 Å². The van der Waals surface area contributed by atoms with Gasteiger partial charge < -0.3 is 10.0 Å². The molecule has 1 saturated carbocycles. The van der Waals surface area contributed by atoms with Gasteiger partial charge in [-0.05, 0) is 106 Å². The van der Waals surface area contributed by atoms with Crippen LogP contribution in [-0.4, -0.2) is 59.1 Å². The van der Waals surface area contributed by atoms with E-state index < -0.39 is 5.97 Å². The van der Waals surface area contributed by atoms with Gasteiger partial charge in [0.05, 0.1) is 6.54 Å². The minimum absolute atomic E-state index is 0.0687. The molecule has 2 fully saturated rings. The normalized spacial score (nSPS) is 23.5. The second kappa shape index (κ2) is 12.8. The highest BCUT2D eigenvalue weighted by molar-refractivity contribution is 5.69. The first-order valence-electron chi connectivity index (χ1n) is 13.9. The maximum Gasteiger partial charge on any atom is 0.317 e. The van der Waals surface area contributed by atoms with Crippen molar-refractivity contribution in [1.82, 2.24) is 9.80 Å². The Morgan fingerprint density at radius 1 is 1.08 bits per heavy atom. The summed E-state index contributed by atoms with van der Waals surface area (Å²) in [6.07, 6.45) is 8.12. The smallest absolute Gasteiger partial charge is 0.317 e. The molecule has 1 saturated heterocycles. The van der Waals surface area contributed by atoms with Gasteiger partial charge in [-0.1, -0.05) is 48.9 Å². The molecule has 5 heteroatoms. The molecule has 0 aromatic heterocycles. The molecular weight excluding hydrogens is 451 g/mol. The summed E-state index contributed by atoms with van der Waals surface area (Å²) in [5.41, 5.74) is 2.50. The van der Waals surface area contributed by atoms with Crippen molar-refractivity contribution in [1.29, 1.82) is 0 Å². The molecule has 3 unspecified atom stereocenters. The summed E-state index contributed by atoms with van der Waals surface area (Å²) >= 11 is 0. The number of carbonyl (C=O) groups is 1. The van der Waals surface area contributed by atoms with E-state index in [4.69, 9.17) is 0 Å². The van der Waals surface area contributed by atoms with Crippen LogP contribution in [0.4, 0.5) is 4.39 Å². The van der Waals surface area contributed by atoms with Gasteiger partial charge in [-0.2, -0.15) is 0 Å². The lowest BCUT2D eigenvalue weighted by Crippen LogP contribution is -2.43. The number of halogens is 1. The minimum Gasteiger partial charge on any atom is -0.480 e. The zero-order chi connectivity index (χ0) is 25.5. The Balaban J connectivity index is 1.34. The summed E-state index contributed by atoms with van der Waals surface area (Å²) in [4.78, 5) is 16.3. The Hall–Kier alpha value is -2.24. The average Bonchev–Trinajstić information content (AvgIpc) is 3.27. The van der Waals surface area contributed by atoms with Gasteiger partial charge in [0.1, 0.15) is 5.82 Å². The first-order chi connectivity index (χ1) is 17.4. The van der Waals surface area contributed by atoms with Crippen molar-refractivity contribution < 1.29 is 14.3 Å². The van der Waals surface area contributed by atoms with E-state index in [9.17, 15) is 14.3 Å². The number of nitrogens with zero attached hydrogens (tertiary/aromatic N) is 2. The van der Waals surface area contributed by atoms with Crippen LogP contribution in [0.15, 0.2) is 54.6 Å². The van der Waals surface area contributed by atoms with Crippen molar-refractivity contribution in [3.63, 3.8) is 0 Å². The fourth-order valence-corrected chi connectivity index (χ4v) is 6.63. The summed E-state index contributed by atoms with van der Waals surface area (Å²) in [5, 5.41) is 9.49. The summed E-state index contributed by atoms with van der Waals surface area (Å²) in [6.45, 7) is 7.52. The predicted molar refractivity (Wildman–Crippen MR) is 144 cm³/mol. The molecule has 0 radical (unpaired) electrons. The van der Waals surface area contributed by atoms with Crippen LogP contribution >= 0.6 is 0 Å². The second-order valence-corrected chi connectivity index (χ2v) is 11.3. The lowest BCUT2D eigenvalue weighted by molar-refractivity contribution is -0.139. The number of carboxylic acids is 1. The lowest BCUT2D eigenvalue weighted by atomic mass is 9.86. The third-order valence-corrected chi connectivity index (χ3v) is 8.52. The molecule has 36 heavy (non-hydrogen) atoms. The summed E-state index contributed by atoms with van der Waals surface area (Å²) < 4.78 is 14.1. The second-order valence-electron chi connectivity index (χ2n) is 11.3. The molecule has 196 valence electrons. The Labute approximate surface area is 216 Å². The number of likely N-dealkylation sites (tertiary alicyclic amines) is 1. The van der Waals surface area contributed by atoms with Gasteiger partial charge in [0, 0.05) is 18.6 Å². The van der Waals surface area contributed by atoms with Crippen molar-refractivity contribution >= 4 is 5.97 Å². The average molecular weight is 495 g/mol. The zero-order valence-corrected chi connectivity index (χ0v) is 22.0. The monoisotopic (exact) mass is 494 g/mol. The highest BCUT2D eigenvalue weighted by Gasteiger charge is 2.40. The van der Waals surface area contributed by atoms with Gasteiger partial charge in [-0.3, -0.25) is 9.69 Å². The third kappa shape index (κ3) is 7.39. The quantitative estimate of drug-likeness (QED) is 0.403. The van der Waals surface area contributed by atoms with Crippen LogP contribution in [0, 0.1) is 17.7 Å². The number of carboxylic acid groups (broad SMARTS) is 1. The van der Waals surface area contributed by atoms with Crippen LogP contribution in [-0.2, 0) is 11.2 Å². The molecule has 4 nitrogen and oxygen atoms in total. The fraction of sp³-hybridized carbons (Fsp3) is 0.581.